The molecular weight excluding hydrogens is 410 g/mol. The number of carbonyl (C=O) groups is 1. The molecule has 0 aliphatic heterocycles. The molecule has 0 atom stereocenters. The summed E-state index contributed by atoms with van der Waals surface area (Å²) >= 11 is 3.55. The summed E-state index contributed by atoms with van der Waals surface area (Å²) in [4.78, 5) is 13.8. The van der Waals surface area contributed by atoms with E-state index in [2.05, 4.69) is 27.8 Å². The van der Waals surface area contributed by atoms with Gasteiger partial charge in [0.15, 0.2) is 11.5 Å². The fourth-order valence-corrected chi connectivity index (χ4v) is 3.10. The van der Waals surface area contributed by atoms with Crippen molar-refractivity contribution in [1.82, 2.24) is 4.90 Å². The molecule has 0 saturated heterocycles. The first kappa shape index (κ1) is 20.7. The lowest BCUT2D eigenvalue weighted by Crippen LogP contribution is -2.27. The van der Waals surface area contributed by atoms with Gasteiger partial charge in [0.2, 0.25) is 0 Å². The van der Waals surface area contributed by atoms with Crippen LogP contribution in [0.25, 0.3) is 0 Å². The predicted molar refractivity (Wildman–Crippen MR) is 108 cm³/mol. The molecule has 2 aromatic rings. The number of likely N-dealkylation sites (N-methyl/N-ethyl adjacent to an activating group) is 1. The van der Waals surface area contributed by atoms with Crippen LogP contribution >= 0.6 is 15.9 Å². The second kappa shape index (κ2) is 9.89. The molecule has 0 fully saturated rings. The minimum absolute atomic E-state index is 0.234. The number of benzene rings is 2. The van der Waals surface area contributed by atoms with Gasteiger partial charge < -0.3 is 19.1 Å². The van der Waals surface area contributed by atoms with E-state index in [-0.39, 0.29) is 5.91 Å². The minimum Gasteiger partial charge on any atom is -0.497 e. The third-order valence-electron chi connectivity index (χ3n) is 4.03. The first-order valence-electron chi connectivity index (χ1n) is 8.30. The Hall–Kier alpha value is -2.65. The molecule has 0 unspecified atom stereocenters. The van der Waals surface area contributed by atoms with E-state index in [1.807, 2.05) is 36.4 Å². The Balaban J connectivity index is 2.00. The summed E-state index contributed by atoms with van der Waals surface area (Å²) in [6.07, 6.45) is 0.660. The van der Waals surface area contributed by atoms with Crippen molar-refractivity contribution in [3.63, 3.8) is 0 Å². The summed E-state index contributed by atoms with van der Waals surface area (Å²) in [5, 5.41) is 0. The molecule has 142 valence electrons. The third-order valence-corrected chi connectivity index (χ3v) is 4.90. The SMILES string of the molecule is COc1ccc(C#CC(=O)N(C)CCc2ccc(OC)c(OC)c2Br)cc1. The number of ether oxygens (including phenoxy) is 3. The van der Waals surface area contributed by atoms with Crippen LogP contribution in [0.2, 0.25) is 0 Å². The molecule has 1 amide bonds. The summed E-state index contributed by atoms with van der Waals surface area (Å²) in [5.74, 6) is 7.36. The zero-order valence-electron chi connectivity index (χ0n) is 15.8. The molecule has 0 bridgehead atoms. The lowest BCUT2D eigenvalue weighted by atomic mass is 10.1. The quantitative estimate of drug-likeness (QED) is 0.656. The molecule has 5 nitrogen and oxygen atoms in total. The fourth-order valence-electron chi connectivity index (χ4n) is 2.41. The van der Waals surface area contributed by atoms with Gasteiger partial charge in [0, 0.05) is 25.1 Å². The van der Waals surface area contributed by atoms with Crippen molar-refractivity contribution >= 4 is 21.8 Å². The average molecular weight is 432 g/mol. The van der Waals surface area contributed by atoms with Crippen molar-refractivity contribution in [2.45, 2.75) is 6.42 Å². The van der Waals surface area contributed by atoms with Crippen molar-refractivity contribution in [1.29, 1.82) is 0 Å². The van der Waals surface area contributed by atoms with E-state index in [1.54, 1.807) is 33.3 Å². The molecule has 0 N–H and O–H groups in total. The molecule has 0 spiro atoms. The fraction of sp³-hybridized carbons (Fsp3) is 0.286. The highest BCUT2D eigenvalue weighted by molar-refractivity contribution is 9.10. The summed E-state index contributed by atoms with van der Waals surface area (Å²) in [5.41, 5.74) is 1.79. The number of hydrogen-bond acceptors (Lipinski definition) is 4. The maximum atomic E-state index is 12.2. The van der Waals surface area contributed by atoms with Crippen LogP contribution in [0.4, 0.5) is 0 Å². The van der Waals surface area contributed by atoms with Gasteiger partial charge in [-0.05, 0) is 58.2 Å². The predicted octanol–water partition coefficient (Wildman–Crippen LogP) is 3.53. The van der Waals surface area contributed by atoms with Crippen molar-refractivity contribution in [2.24, 2.45) is 0 Å². The molecular formula is C21H22BrNO4. The highest BCUT2D eigenvalue weighted by atomic mass is 79.9. The van der Waals surface area contributed by atoms with Crippen molar-refractivity contribution in [2.75, 3.05) is 34.9 Å². The lowest BCUT2D eigenvalue weighted by Gasteiger charge is -2.16. The van der Waals surface area contributed by atoms with E-state index in [4.69, 9.17) is 14.2 Å². The van der Waals surface area contributed by atoms with Crippen LogP contribution in [-0.4, -0.2) is 45.7 Å². The molecule has 0 aliphatic rings. The van der Waals surface area contributed by atoms with Crippen molar-refractivity contribution in [3.8, 4) is 29.1 Å². The maximum absolute atomic E-state index is 12.2. The zero-order valence-corrected chi connectivity index (χ0v) is 17.4. The number of amides is 1. The van der Waals surface area contributed by atoms with Crippen molar-refractivity contribution < 1.29 is 19.0 Å². The largest absolute Gasteiger partial charge is 0.497 e. The second-order valence-electron chi connectivity index (χ2n) is 5.73. The van der Waals surface area contributed by atoms with Gasteiger partial charge in [-0.25, -0.2) is 0 Å². The Kier molecular flexibility index (Phi) is 7.56. The van der Waals surface area contributed by atoms with Crippen molar-refractivity contribution in [3.05, 3.63) is 52.0 Å². The number of rotatable bonds is 6. The van der Waals surface area contributed by atoms with Gasteiger partial charge in [0.25, 0.3) is 5.91 Å². The average Bonchev–Trinajstić information content (AvgIpc) is 2.70. The van der Waals surface area contributed by atoms with E-state index in [1.165, 1.54) is 0 Å². The highest BCUT2D eigenvalue weighted by Gasteiger charge is 2.14. The van der Waals surface area contributed by atoms with Crippen LogP contribution in [-0.2, 0) is 11.2 Å². The van der Waals surface area contributed by atoms with Crippen LogP contribution in [0.1, 0.15) is 11.1 Å². The number of nitrogens with zero attached hydrogens (tertiary/aromatic N) is 1. The molecule has 2 aromatic carbocycles. The van der Waals surface area contributed by atoms with E-state index in [0.717, 1.165) is 21.3 Å². The van der Waals surface area contributed by atoms with Gasteiger partial charge in [0.05, 0.1) is 25.8 Å². The number of methoxy groups -OCH3 is 3. The lowest BCUT2D eigenvalue weighted by molar-refractivity contribution is -0.123. The number of halogens is 1. The van der Waals surface area contributed by atoms with Crippen LogP contribution < -0.4 is 14.2 Å². The Morgan fingerprint density at radius 1 is 1.04 bits per heavy atom. The number of hydrogen-bond donors (Lipinski definition) is 0. The topological polar surface area (TPSA) is 48.0 Å². The second-order valence-corrected chi connectivity index (χ2v) is 6.52. The Bertz CT molecular complexity index is 853. The summed E-state index contributed by atoms with van der Waals surface area (Å²) in [7, 11) is 6.53. The number of carbonyl (C=O) groups excluding carboxylic acids is 1. The van der Waals surface area contributed by atoms with Gasteiger partial charge in [-0.2, -0.15) is 0 Å². The minimum atomic E-state index is -0.234. The Labute approximate surface area is 168 Å². The third kappa shape index (κ3) is 5.41. The molecule has 6 heteroatoms. The smallest absolute Gasteiger partial charge is 0.298 e. The Morgan fingerprint density at radius 3 is 2.33 bits per heavy atom. The first-order valence-corrected chi connectivity index (χ1v) is 9.10. The molecule has 0 aliphatic carbocycles. The van der Waals surface area contributed by atoms with Gasteiger partial charge in [-0.1, -0.05) is 12.0 Å². The van der Waals surface area contributed by atoms with Crippen LogP contribution in [0.5, 0.6) is 17.2 Å². The summed E-state index contributed by atoms with van der Waals surface area (Å²) in [6.45, 7) is 0.532. The molecule has 0 saturated carbocycles. The monoisotopic (exact) mass is 431 g/mol. The summed E-state index contributed by atoms with van der Waals surface area (Å²) in [6, 6.07) is 11.1. The molecule has 0 radical (unpaired) electrons. The zero-order chi connectivity index (χ0) is 19.8. The highest BCUT2D eigenvalue weighted by Crippen LogP contribution is 2.37. The van der Waals surface area contributed by atoms with Gasteiger partial charge in [-0.3, -0.25) is 4.79 Å². The van der Waals surface area contributed by atoms with E-state index in [9.17, 15) is 4.79 Å². The molecule has 27 heavy (non-hydrogen) atoms. The van der Waals surface area contributed by atoms with Gasteiger partial charge in [-0.15, -0.1) is 0 Å². The molecule has 2 rings (SSSR count). The van der Waals surface area contributed by atoms with Gasteiger partial charge >= 0.3 is 0 Å². The molecule has 0 heterocycles. The standard InChI is InChI=1S/C21H22BrNO4/c1-23(19(24)12-7-15-5-9-17(25-2)10-6-15)14-13-16-8-11-18(26-3)21(27-4)20(16)22/h5-6,8-11H,13-14H2,1-4H3. The van der Waals surface area contributed by atoms with Crippen LogP contribution in [0, 0.1) is 11.8 Å². The van der Waals surface area contributed by atoms with E-state index in [0.29, 0.717) is 24.5 Å². The maximum Gasteiger partial charge on any atom is 0.298 e. The van der Waals surface area contributed by atoms with E-state index < -0.39 is 0 Å². The molecule has 0 aromatic heterocycles. The normalized spacial score (nSPS) is 9.81. The van der Waals surface area contributed by atoms with Gasteiger partial charge in [0.1, 0.15) is 5.75 Å². The summed E-state index contributed by atoms with van der Waals surface area (Å²) < 4.78 is 16.6. The van der Waals surface area contributed by atoms with Crippen LogP contribution in [0.15, 0.2) is 40.9 Å². The first-order chi connectivity index (χ1) is 13.0. The van der Waals surface area contributed by atoms with Crippen LogP contribution in [0.3, 0.4) is 0 Å². The van der Waals surface area contributed by atoms with E-state index >= 15 is 0 Å². The Morgan fingerprint density at radius 2 is 1.74 bits per heavy atom.